The van der Waals surface area contributed by atoms with Crippen LogP contribution in [-0.2, 0) is 14.3 Å². The maximum absolute atomic E-state index is 14.5. The molecule has 0 bridgehead atoms. The van der Waals surface area contributed by atoms with Crippen LogP contribution in [0.25, 0.3) is 11.3 Å². The first-order valence-corrected chi connectivity index (χ1v) is 14.7. The molecule has 3 N–H and O–H groups in total. The lowest BCUT2D eigenvalue weighted by Gasteiger charge is -2.46. The van der Waals surface area contributed by atoms with Crippen molar-refractivity contribution in [2.45, 2.75) is 75.2 Å². The number of anilines is 1. The Morgan fingerprint density at radius 3 is 2.47 bits per heavy atom. The highest BCUT2D eigenvalue weighted by Gasteiger charge is 2.52. The molecule has 232 valence electrons. The summed E-state index contributed by atoms with van der Waals surface area (Å²) in [5.41, 5.74) is 0.214. The van der Waals surface area contributed by atoms with Crippen LogP contribution < -0.4 is 4.90 Å². The maximum Gasteiger partial charge on any atom is 0.259 e. The van der Waals surface area contributed by atoms with Gasteiger partial charge in [0.05, 0.1) is 24.9 Å². The van der Waals surface area contributed by atoms with Gasteiger partial charge in [0.25, 0.3) is 5.91 Å². The van der Waals surface area contributed by atoms with Crippen molar-refractivity contribution in [3.05, 3.63) is 64.0 Å². The molecule has 7 atom stereocenters. The maximum atomic E-state index is 14.5. The number of hydrogen-bond acceptors (Lipinski definition) is 8. The molecule has 14 heteroatoms. The molecule has 0 spiro atoms. The number of aliphatic hydroxyl groups is 3. The standard InChI is InChI=1S/C29H32BrF3N4O6/c1-14-19(32)7-15(8-20(14)33)21-12-36(35-34-21)25-26(40)24(13-38)43-28(27(25)42-2)29(41)37(22-5-3-4-6-23(22)39)18-10-16(30)9-17(31)11-18/h7-12,22-28,38-40H,3-6,13H2,1-2H3/t22-,23-,24+,25-,26-,27+,28+/m0/s1. The molecular weight excluding hydrogens is 637 g/mol. The molecule has 0 unspecified atom stereocenters. The molecule has 1 amide bonds. The number of carbonyl (C=O) groups is 1. The lowest BCUT2D eigenvalue weighted by Crippen LogP contribution is -2.63. The predicted molar refractivity (Wildman–Crippen MR) is 152 cm³/mol. The average Bonchev–Trinajstić information content (AvgIpc) is 3.45. The zero-order chi connectivity index (χ0) is 31.0. The Morgan fingerprint density at radius 1 is 1.14 bits per heavy atom. The van der Waals surface area contributed by atoms with Gasteiger partial charge >= 0.3 is 0 Å². The van der Waals surface area contributed by atoms with Crippen LogP contribution in [0.1, 0.15) is 37.3 Å². The van der Waals surface area contributed by atoms with E-state index in [4.69, 9.17) is 9.47 Å². The lowest BCUT2D eigenvalue weighted by atomic mass is 9.88. The Bertz CT molecular complexity index is 1430. The first-order chi connectivity index (χ1) is 20.5. The molecular formula is C29H32BrF3N4O6. The van der Waals surface area contributed by atoms with Crippen LogP contribution in [0.5, 0.6) is 0 Å². The number of rotatable bonds is 7. The number of hydrogen-bond donors (Lipinski definition) is 3. The number of amides is 1. The number of carbonyl (C=O) groups excluding carboxylic acids is 1. The van der Waals surface area contributed by atoms with Gasteiger partial charge in [-0.05, 0) is 50.1 Å². The van der Waals surface area contributed by atoms with Crippen LogP contribution in [0.15, 0.2) is 41.0 Å². The molecule has 1 saturated carbocycles. The van der Waals surface area contributed by atoms with Crippen molar-refractivity contribution in [1.29, 1.82) is 0 Å². The number of aromatic nitrogens is 3. The third-order valence-electron chi connectivity index (χ3n) is 8.16. The van der Waals surface area contributed by atoms with E-state index in [0.29, 0.717) is 17.3 Å². The van der Waals surface area contributed by atoms with E-state index in [1.54, 1.807) is 6.07 Å². The number of ether oxygens (including phenoxy) is 2. The van der Waals surface area contributed by atoms with E-state index in [0.717, 1.165) is 25.0 Å². The number of halogens is 4. The van der Waals surface area contributed by atoms with Crippen LogP contribution in [0.3, 0.4) is 0 Å². The fourth-order valence-electron chi connectivity index (χ4n) is 5.90. The van der Waals surface area contributed by atoms with Gasteiger partial charge < -0.3 is 29.7 Å². The summed E-state index contributed by atoms with van der Waals surface area (Å²) in [6, 6.07) is 4.31. The van der Waals surface area contributed by atoms with Crippen LogP contribution in [0.2, 0.25) is 0 Å². The van der Waals surface area contributed by atoms with Crippen LogP contribution in [0, 0.1) is 24.4 Å². The Kier molecular flexibility index (Phi) is 9.54. The summed E-state index contributed by atoms with van der Waals surface area (Å²) in [5, 5.41) is 40.3. The zero-order valence-electron chi connectivity index (χ0n) is 23.4. The topological polar surface area (TPSA) is 130 Å². The fraction of sp³-hybridized carbons (Fsp3) is 0.483. The number of nitrogens with zero attached hydrogens (tertiary/aromatic N) is 4. The van der Waals surface area contributed by atoms with Crippen molar-refractivity contribution in [2.75, 3.05) is 18.6 Å². The van der Waals surface area contributed by atoms with Crippen molar-refractivity contribution in [2.24, 2.45) is 0 Å². The second-order valence-corrected chi connectivity index (χ2v) is 11.8. The number of benzene rings is 2. The minimum atomic E-state index is -1.45. The van der Waals surface area contributed by atoms with E-state index in [9.17, 15) is 33.3 Å². The Morgan fingerprint density at radius 2 is 1.84 bits per heavy atom. The summed E-state index contributed by atoms with van der Waals surface area (Å²) in [7, 11) is 1.30. The molecule has 1 aliphatic heterocycles. The van der Waals surface area contributed by atoms with Crippen LogP contribution in [-0.4, -0.2) is 86.5 Å². The van der Waals surface area contributed by atoms with E-state index in [1.165, 1.54) is 41.9 Å². The average molecular weight is 669 g/mol. The van der Waals surface area contributed by atoms with Gasteiger partial charge in [0.15, 0.2) is 6.10 Å². The van der Waals surface area contributed by atoms with Gasteiger partial charge in [-0.15, -0.1) is 5.10 Å². The minimum Gasteiger partial charge on any atom is -0.394 e. The van der Waals surface area contributed by atoms with Crippen molar-refractivity contribution in [1.82, 2.24) is 15.0 Å². The van der Waals surface area contributed by atoms with Crippen molar-refractivity contribution < 1.29 is 42.8 Å². The van der Waals surface area contributed by atoms with Crippen molar-refractivity contribution >= 4 is 27.5 Å². The molecule has 2 aromatic carbocycles. The molecule has 2 aliphatic rings. The quantitative estimate of drug-likeness (QED) is 0.349. The van der Waals surface area contributed by atoms with E-state index < -0.39 is 72.6 Å². The number of methoxy groups -OCH3 is 1. The SMILES string of the molecule is CO[C@@H]1[C@@H](n2cc(-c3cc(F)c(C)c(F)c3)nn2)[C@@H](O)[C@@H](CO)O[C@H]1C(=O)N(c1cc(F)cc(Br)c1)[C@H]1CCCC[C@@H]1O. The molecule has 1 aliphatic carbocycles. The Balaban J connectivity index is 1.55. The largest absolute Gasteiger partial charge is 0.394 e. The molecule has 5 rings (SSSR count). The first-order valence-electron chi connectivity index (χ1n) is 13.9. The molecule has 1 aromatic heterocycles. The predicted octanol–water partition coefficient (Wildman–Crippen LogP) is 3.45. The van der Waals surface area contributed by atoms with E-state index in [-0.39, 0.29) is 22.5 Å². The third kappa shape index (κ3) is 6.22. The van der Waals surface area contributed by atoms with Gasteiger partial charge in [0.2, 0.25) is 0 Å². The van der Waals surface area contributed by atoms with Crippen LogP contribution in [0.4, 0.5) is 18.9 Å². The van der Waals surface area contributed by atoms with Crippen LogP contribution >= 0.6 is 15.9 Å². The summed E-state index contributed by atoms with van der Waals surface area (Å²) < 4.78 is 56.3. The smallest absolute Gasteiger partial charge is 0.259 e. The fourth-order valence-corrected chi connectivity index (χ4v) is 6.35. The van der Waals surface area contributed by atoms with E-state index >= 15 is 0 Å². The van der Waals surface area contributed by atoms with Crippen molar-refractivity contribution in [3.63, 3.8) is 0 Å². The normalized spacial score (nSPS) is 27.7. The summed E-state index contributed by atoms with van der Waals surface area (Å²) in [6.45, 7) is 0.628. The first kappa shape index (κ1) is 31.5. The highest BCUT2D eigenvalue weighted by molar-refractivity contribution is 9.10. The third-order valence-corrected chi connectivity index (χ3v) is 8.62. The Hall–Kier alpha value is -2.88. The van der Waals surface area contributed by atoms with Gasteiger partial charge in [0.1, 0.15) is 47.5 Å². The zero-order valence-corrected chi connectivity index (χ0v) is 25.0. The Labute approximate surface area is 254 Å². The lowest BCUT2D eigenvalue weighted by molar-refractivity contribution is -0.211. The molecule has 0 radical (unpaired) electrons. The van der Waals surface area contributed by atoms with Crippen molar-refractivity contribution in [3.8, 4) is 11.3 Å². The molecule has 10 nitrogen and oxygen atoms in total. The second kappa shape index (κ2) is 13.0. The molecule has 2 heterocycles. The highest BCUT2D eigenvalue weighted by atomic mass is 79.9. The number of aliphatic hydroxyl groups excluding tert-OH is 3. The summed E-state index contributed by atoms with van der Waals surface area (Å²) >= 11 is 3.27. The minimum absolute atomic E-state index is 0.0892. The van der Waals surface area contributed by atoms with E-state index in [2.05, 4.69) is 26.2 Å². The summed E-state index contributed by atoms with van der Waals surface area (Å²) in [4.78, 5) is 15.7. The van der Waals surface area contributed by atoms with Gasteiger partial charge in [0, 0.05) is 28.4 Å². The highest BCUT2D eigenvalue weighted by Crippen LogP contribution is 2.37. The van der Waals surface area contributed by atoms with Gasteiger partial charge in [-0.1, -0.05) is 34.0 Å². The van der Waals surface area contributed by atoms with Gasteiger partial charge in [-0.2, -0.15) is 0 Å². The molecule has 3 aromatic rings. The van der Waals surface area contributed by atoms with Gasteiger partial charge in [-0.3, -0.25) is 4.79 Å². The molecule has 1 saturated heterocycles. The van der Waals surface area contributed by atoms with Gasteiger partial charge in [-0.25, -0.2) is 17.9 Å². The second-order valence-electron chi connectivity index (χ2n) is 10.9. The summed E-state index contributed by atoms with van der Waals surface area (Å²) in [5.74, 6) is -2.84. The van der Waals surface area contributed by atoms with E-state index in [1.807, 2.05) is 0 Å². The monoisotopic (exact) mass is 668 g/mol. The summed E-state index contributed by atoms with van der Waals surface area (Å²) in [6.07, 6.45) is -2.57. The molecule has 43 heavy (non-hydrogen) atoms. The molecule has 2 fully saturated rings.